The number of ether oxygens (including phenoxy) is 1. The molecule has 0 atom stereocenters. The third-order valence-corrected chi connectivity index (χ3v) is 11.6. The zero-order valence-electron chi connectivity index (χ0n) is 17.8. The van der Waals surface area contributed by atoms with Crippen LogP contribution in [0, 0.1) is 0 Å². The van der Waals surface area contributed by atoms with E-state index in [0.717, 1.165) is 30.8 Å². The monoisotopic (exact) mass is 417 g/mol. The Bertz CT molecular complexity index is 525. The second-order valence-electron chi connectivity index (χ2n) is 9.26. The summed E-state index contributed by atoms with van der Waals surface area (Å²) >= 11 is 0. The first-order valence-electron chi connectivity index (χ1n) is 9.75. The minimum absolute atomic E-state index is 0. The average Bonchev–Trinajstić information content (AvgIpc) is 2.59. The van der Waals surface area contributed by atoms with Crippen LogP contribution >= 0.6 is 12.4 Å². The van der Waals surface area contributed by atoms with Crippen LogP contribution in [0.15, 0.2) is 24.3 Å². The molecular formula is C21H40ClNO3Si. The van der Waals surface area contributed by atoms with Gasteiger partial charge >= 0.3 is 0 Å². The fourth-order valence-corrected chi connectivity index (χ4v) is 4.47. The molecule has 1 aromatic carbocycles. The van der Waals surface area contributed by atoms with E-state index in [9.17, 15) is 10.2 Å². The summed E-state index contributed by atoms with van der Waals surface area (Å²) in [6.07, 6.45) is 3.60. The van der Waals surface area contributed by atoms with E-state index < -0.39 is 13.6 Å². The second-order valence-corrected chi connectivity index (χ2v) is 15.0. The van der Waals surface area contributed by atoms with E-state index in [1.807, 2.05) is 24.3 Å². The van der Waals surface area contributed by atoms with Crippen LogP contribution in [0.25, 0.3) is 0 Å². The first-order valence-corrected chi connectivity index (χ1v) is 13.0. The van der Waals surface area contributed by atoms with Crippen molar-refractivity contribution in [3.05, 3.63) is 29.8 Å². The van der Waals surface area contributed by atoms with Crippen molar-refractivity contribution < 1.29 is 14.9 Å². The SMILES string of the molecule is CC(C)(C)[Si](C)(C)CCCCOc1ccc(CCC(N)(CO)CO)cc1.Cl. The summed E-state index contributed by atoms with van der Waals surface area (Å²) in [5.74, 6) is 0.893. The topological polar surface area (TPSA) is 75.7 Å². The number of halogens is 1. The molecule has 4 nitrogen and oxygen atoms in total. The van der Waals surface area contributed by atoms with Crippen molar-refractivity contribution in [2.45, 2.75) is 76.2 Å². The van der Waals surface area contributed by atoms with Crippen molar-refractivity contribution in [3.63, 3.8) is 0 Å². The third kappa shape index (κ3) is 8.96. The molecule has 0 spiro atoms. The first-order chi connectivity index (χ1) is 12.0. The predicted molar refractivity (Wildman–Crippen MR) is 120 cm³/mol. The van der Waals surface area contributed by atoms with Crippen molar-refractivity contribution in [3.8, 4) is 5.75 Å². The molecule has 0 heterocycles. The molecule has 0 aromatic heterocycles. The standard InChI is InChI=1S/C21H39NO3Si.ClH/c1-20(2,3)26(4,5)15-7-6-14-25-19-10-8-18(9-11-19)12-13-21(22,16-23)17-24;/h8-11,23-24H,6-7,12-17,22H2,1-5H3;1H. The molecule has 0 aliphatic carbocycles. The lowest BCUT2D eigenvalue weighted by molar-refractivity contribution is 0.115. The molecule has 4 N–H and O–H groups in total. The van der Waals surface area contributed by atoms with E-state index in [1.54, 1.807) is 0 Å². The van der Waals surface area contributed by atoms with Gasteiger partial charge in [0.25, 0.3) is 0 Å². The van der Waals surface area contributed by atoms with E-state index >= 15 is 0 Å². The maximum Gasteiger partial charge on any atom is 0.119 e. The van der Waals surface area contributed by atoms with E-state index in [-0.39, 0.29) is 25.6 Å². The summed E-state index contributed by atoms with van der Waals surface area (Å²) in [6.45, 7) is 12.4. The molecule has 1 rings (SSSR count). The quantitative estimate of drug-likeness (QED) is 0.368. The maximum absolute atomic E-state index is 9.24. The molecule has 0 aliphatic heterocycles. The van der Waals surface area contributed by atoms with Crippen molar-refractivity contribution in [2.24, 2.45) is 5.73 Å². The first kappa shape index (κ1) is 26.4. The van der Waals surface area contributed by atoms with Gasteiger partial charge in [-0.05, 0) is 42.0 Å². The summed E-state index contributed by atoms with van der Waals surface area (Å²) in [5.41, 5.74) is 6.13. The number of rotatable bonds is 11. The number of aliphatic hydroxyl groups is 2. The molecule has 0 amide bonds. The van der Waals surface area contributed by atoms with Crippen LogP contribution in [0.2, 0.25) is 24.2 Å². The summed E-state index contributed by atoms with van der Waals surface area (Å²) < 4.78 is 5.86. The van der Waals surface area contributed by atoms with Crippen molar-refractivity contribution in [2.75, 3.05) is 19.8 Å². The number of hydrogen-bond acceptors (Lipinski definition) is 4. The van der Waals surface area contributed by atoms with E-state index in [0.29, 0.717) is 11.5 Å². The molecule has 158 valence electrons. The highest BCUT2D eigenvalue weighted by atomic mass is 35.5. The van der Waals surface area contributed by atoms with Gasteiger partial charge < -0.3 is 20.7 Å². The molecule has 0 saturated carbocycles. The van der Waals surface area contributed by atoms with Gasteiger partial charge in [0.1, 0.15) is 5.75 Å². The summed E-state index contributed by atoms with van der Waals surface area (Å²) in [7, 11) is -1.17. The lowest BCUT2D eigenvalue weighted by Gasteiger charge is -2.37. The van der Waals surface area contributed by atoms with Gasteiger partial charge in [-0.1, -0.05) is 58.5 Å². The fraction of sp³-hybridized carbons (Fsp3) is 0.714. The molecule has 1 aromatic rings. The number of hydrogen-bond donors (Lipinski definition) is 3. The minimum atomic E-state index is -1.17. The smallest absolute Gasteiger partial charge is 0.119 e. The van der Waals surface area contributed by atoms with Gasteiger partial charge in [0.05, 0.1) is 33.4 Å². The fourth-order valence-electron chi connectivity index (χ4n) is 2.59. The van der Waals surface area contributed by atoms with Crippen molar-refractivity contribution in [1.29, 1.82) is 0 Å². The van der Waals surface area contributed by atoms with Crippen LogP contribution in [0.3, 0.4) is 0 Å². The van der Waals surface area contributed by atoms with Gasteiger partial charge in [-0.15, -0.1) is 12.4 Å². The lowest BCUT2D eigenvalue weighted by Crippen LogP contribution is -2.47. The van der Waals surface area contributed by atoms with E-state index in [1.165, 1.54) is 12.5 Å². The zero-order valence-corrected chi connectivity index (χ0v) is 19.6. The Labute approximate surface area is 172 Å². The molecular weight excluding hydrogens is 378 g/mol. The van der Waals surface area contributed by atoms with Gasteiger partial charge in [0.2, 0.25) is 0 Å². The number of benzene rings is 1. The highest BCUT2D eigenvalue weighted by Crippen LogP contribution is 2.39. The van der Waals surface area contributed by atoms with E-state index in [2.05, 4.69) is 33.9 Å². The minimum Gasteiger partial charge on any atom is -0.494 e. The molecule has 0 saturated heterocycles. The highest BCUT2D eigenvalue weighted by Gasteiger charge is 2.33. The number of nitrogens with two attached hydrogens (primary N) is 1. The zero-order chi connectivity index (χ0) is 19.8. The van der Waals surface area contributed by atoms with Gasteiger partial charge in [0.15, 0.2) is 0 Å². The van der Waals surface area contributed by atoms with Crippen LogP contribution in [0.4, 0.5) is 0 Å². The maximum atomic E-state index is 9.24. The van der Waals surface area contributed by atoms with Gasteiger partial charge in [-0.25, -0.2) is 0 Å². The third-order valence-electron chi connectivity index (χ3n) is 5.96. The van der Waals surface area contributed by atoms with Crippen LogP contribution in [-0.2, 0) is 6.42 Å². The Kier molecular flexibility index (Phi) is 11.2. The Morgan fingerprint density at radius 2 is 1.56 bits per heavy atom. The Morgan fingerprint density at radius 1 is 1.00 bits per heavy atom. The summed E-state index contributed by atoms with van der Waals surface area (Å²) in [4.78, 5) is 0. The summed E-state index contributed by atoms with van der Waals surface area (Å²) in [5, 5.41) is 18.9. The summed E-state index contributed by atoms with van der Waals surface area (Å²) in [6, 6.07) is 9.37. The predicted octanol–water partition coefficient (Wildman–Crippen LogP) is 4.39. The van der Waals surface area contributed by atoms with E-state index in [4.69, 9.17) is 10.5 Å². The Balaban J connectivity index is 0.00000676. The van der Waals surface area contributed by atoms with Crippen molar-refractivity contribution >= 4 is 20.5 Å². The normalized spacial score (nSPS) is 12.6. The van der Waals surface area contributed by atoms with Crippen molar-refractivity contribution in [1.82, 2.24) is 0 Å². The Morgan fingerprint density at radius 3 is 2.04 bits per heavy atom. The van der Waals surface area contributed by atoms with Crippen LogP contribution in [0.5, 0.6) is 5.75 Å². The molecule has 6 heteroatoms. The largest absolute Gasteiger partial charge is 0.494 e. The molecule has 0 aliphatic rings. The highest BCUT2D eigenvalue weighted by molar-refractivity contribution is 6.80. The average molecular weight is 418 g/mol. The Hall–Kier alpha value is -0.593. The lowest BCUT2D eigenvalue weighted by atomic mass is 9.94. The molecule has 0 bridgehead atoms. The molecule has 0 unspecified atom stereocenters. The number of aliphatic hydroxyl groups excluding tert-OH is 2. The van der Waals surface area contributed by atoms with Crippen LogP contribution in [-0.4, -0.2) is 43.6 Å². The molecule has 0 fully saturated rings. The van der Waals surface area contributed by atoms with Gasteiger partial charge in [0, 0.05) is 0 Å². The van der Waals surface area contributed by atoms with Crippen LogP contribution < -0.4 is 10.5 Å². The second kappa shape index (κ2) is 11.4. The van der Waals surface area contributed by atoms with Crippen LogP contribution in [0.1, 0.15) is 45.6 Å². The van der Waals surface area contributed by atoms with Gasteiger partial charge in [-0.3, -0.25) is 0 Å². The molecule has 0 radical (unpaired) electrons. The number of aryl methyl sites for hydroxylation is 1. The number of unbranched alkanes of at least 4 members (excludes halogenated alkanes) is 1. The molecule has 27 heavy (non-hydrogen) atoms. The van der Waals surface area contributed by atoms with Gasteiger partial charge in [-0.2, -0.15) is 0 Å².